The van der Waals surface area contributed by atoms with E-state index in [4.69, 9.17) is 4.98 Å². The van der Waals surface area contributed by atoms with Gasteiger partial charge in [-0.15, -0.1) is 0 Å². The summed E-state index contributed by atoms with van der Waals surface area (Å²) in [7, 11) is 0. The zero-order valence-electron chi connectivity index (χ0n) is 15.8. The van der Waals surface area contributed by atoms with Gasteiger partial charge in [-0.1, -0.05) is 54.2 Å². The van der Waals surface area contributed by atoms with Crippen LogP contribution in [0.3, 0.4) is 0 Å². The lowest BCUT2D eigenvalue weighted by Gasteiger charge is -2.35. The summed E-state index contributed by atoms with van der Waals surface area (Å²) in [6.45, 7) is 7.19. The monoisotopic (exact) mass is 392 g/mol. The average molecular weight is 393 g/mol. The van der Waals surface area contributed by atoms with Crippen LogP contribution >= 0.6 is 11.8 Å². The maximum atomic E-state index is 12.8. The number of benzene rings is 2. The topological polar surface area (TPSA) is 41.4 Å². The molecule has 1 atom stereocenters. The van der Waals surface area contributed by atoms with Crippen LogP contribution in [0.4, 0.5) is 0 Å². The molecule has 0 saturated carbocycles. The van der Waals surface area contributed by atoms with E-state index in [-0.39, 0.29) is 5.56 Å². The Morgan fingerprint density at radius 2 is 1.64 bits per heavy atom. The molecule has 2 aromatic carbocycles. The average Bonchev–Trinajstić information content (AvgIpc) is 3.13. The molecule has 2 aliphatic rings. The molecule has 1 fully saturated rings. The first kappa shape index (κ1) is 17.9. The van der Waals surface area contributed by atoms with Crippen LogP contribution in [0.25, 0.3) is 10.9 Å². The van der Waals surface area contributed by atoms with Gasteiger partial charge < -0.3 is 0 Å². The van der Waals surface area contributed by atoms with Crippen LogP contribution in [-0.2, 0) is 13.1 Å². The van der Waals surface area contributed by atoms with Crippen molar-refractivity contribution >= 4 is 22.7 Å². The molecular formula is C22H24N4OS. The van der Waals surface area contributed by atoms with Crippen LogP contribution in [0.15, 0.2) is 64.5 Å². The molecule has 0 spiro atoms. The first-order chi connectivity index (χ1) is 13.8. The SMILES string of the molecule is O=c1c2ccccc2nc2n1CC(CN1CCN(Cc3ccccc3)CC1)S2. The second-order valence-corrected chi connectivity index (χ2v) is 8.90. The van der Waals surface area contributed by atoms with Crippen molar-refractivity contribution in [2.24, 2.45) is 0 Å². The summed E-state index contributed by atoms with van der Waals surface area (Å²) < 4.78 is 1.86. The van der Waals surface area contributed by atoms with Gasteiger partial charge in [0.25, 0.3) is 5.56 Å². The molecule has 0 amide bonds. The number of aromatic nitrogens is 2. The lowest BCUT2D eigenvalue weighted by molar-refractivity contribution is 0.126. The first-order valence-corrected chi connectivity index (χ1v) is 10.8. The molecule has 2 aliphatic heterocycles. The molecule has 5 rings (SSSR count). The van der Waals surface area contributed by atoms with Crippen LogP contribution in [0.1, 0.15) is 5.56 Å². The smallest absolute Gasteiger partial charge is 0.262 e. The number of fused-ring (bicyclic) bond motifs is 2. The molecule has 1 unspecified atom stereocenters. The molecule has 0 radical (unpaired) electrons. The Balaban J connectivity index is 1.19. The standard InChI is InChI=1S/C22H24N4OS/c27-21-19-8-4-5-9-20(19)23-22-26(21)16-18(28-22)15-25-12-10-24(11-13-25)14-17-6-2-1-3-7-17/h1-9,18H,10-16H2. The summed E-state index contributed by atoms with van der Waals surface area (Å²) in [5, 5.41) is 2.00. The van der Waals surface area contributed by atoms with Gasteiger partial charge in [0.1, 0.15) is 0 Å². The molecule has 5 nitrogen and oxygen atoms in total. The summed E-state index contributed by atoms with van der Waals surface area (Å²) in [4.78, 5) is 22.5. The minimum absolute atomic E-state index is 0.100. The van der Waals surface area contributed by atoms with Crippen LogP contribution in [0.2, 0.25) is 0 Å². The van der Waals surface area contributed by atoms with Gasteiger partial charge in [-0.2, -0.15) is 0 Å². The Morgan fingerprint density at radius 1 is 0.929 bits per heavy atom. The van der Waals surface area contributed by atoms with Crippen LogP contribution in [-0.4, -0.2) is 57.3 Å². The van der Waals surface area contributed by atoms with Crippen molar-refractivity contribution in [3.63, 3.8) is 0 Å². The van der Waals surface area contributed by atoms with Crippen LogP contribution < -0.4 is 5.56 Å². The van der Waals surface area contributed by atoms with E-state index in [0.29, 0.717) is 5.25 Å². The lowest BCUT2D eigenvalue weighted by atomic mass is 10.2. The van der Waals surface area contributed by atoms with Crippen molar-refractivity contribution in [1.29, 1.82) is 0 Å². The predicted molar refractivity (Wildman–Crippen MR) is 114 cm³/mol. The number of hydrogen-bond acceptors (Lipinski definition) is 5. The number of piperazine rings is 1. The van der Waals surface area contributed by atoms with E-state index in [1.807, 2.05) is 28.8 Å². The molecular weight excluding hydrogens is 368 g/mol. The fourth-order valence-electron chi connectivity index (χ4n) is 4.14. The van der Waals surface area contributed by atoms with Gasteiger partial charge in [-0.25, -0.2) is 4.98 Å². The van der Waals surface area contributed by atoms with Gasteiger partial charge in [-0.05, 0) is 17.7 Å². The highest BCUT2D eigenvalue weighted by atomic mass is 32.2. The number of hydrogen-bond donors (Lipinski definition) is 0. The van der Waals surface area contributed by atoms with Gasteiger partial charge >= 0.3 is 0 Å². The van der Waals surface area contributed by atoms with Crippen molar-refractivity contribution in [2.75, 3.05) is 32.7 Å². The Hall–Kier alpha value is -2.15. The molecule has 1 saturated heterocycles. The van der Waals surface area contributed by atoms with Crippen molar-refractivity contribution in [3.05, 3.63) is 70.5 Å². The quantitative estimate of drug-likeness (QED) is 0.639. The summed E-state index contributed by atoms with van der Waals surface area (Å²) in [6, 6.07) is 18.4. The van der Waals surface area contributed by atoms with E-state index < -0.39 is 0 Å². The number of nitrogens with zero attached hydrogens (tertiary/aromatic N) is 4. The molecule has 0 aliphatic carbocycles. The van der Waals surface area contributed by atoms with Gasteiger partial charge in [-0.3, -0.25) is 19.2 Å². The van der Waals surface area contributed by atoms with Crippen molar-refractivity contribution < 1.29 is 0 Å². The van der Waals surface area contributed by atoms with E-state index in [0.717, 1.165) is 61.9 Å². The maximum absolute atomic E-state index is 12.8. The summed E-state index contributed by atoms with van der Waals surface area (Å²) >= 11 is 1.76. The minimum atomic E-state index is 0.100. The fourth-order valence-corrected chi connectivity index (χ4v) is 5.39. The zero-order valence-corrected chi connectivity index (χ0v) is 16.6. The molecule has 6 heteroatoms. The molecule has 28 heavy (non-hydrogen) atoms. The van der Waals surface area contributed by atoms with Crippen molar-refractivity contribution in [2.45, 2.75) is 23.5 Å². The van der Waals surface area contributed by atoms with Gasteiger partial charge in [0.15, 0.2) is 5.16 Å². The van der Waals surface area contributed by atoms with Crippen LogP contribution in [0.5, 0.6) is 0 Å². The summed E-state index contributed by atoms with van der Waals surface area (Å²) in [5.74, 6) is 0. The third kappa shape index (κ3) is 3.60. The molecule has 144 valence electrons. The second kappa shape index (κ2) is 7.70. The minimum Gasteiger partial charge on any atom is -0.300 e. The van der Waals surface area contributed by atoms with E-state index in [2.05, 4.69) is 40.1 Å². The highest BCUT2D eigenvalue weighted by molar-refractivity contribution is 8.00. The fraction of sp³-hybridized carbons (Fsp3) is 0.364. The van der Waals surface area contributed by atoms with E-state index in [1.54, 1.807) is 11.8 Å². The van der Waals surface area contributed by atoms with Crippen molar-refractivity contribution in [1.82, 2.24) is 19.4 Å². The van der Waals surface area contributed by atoms with E-state index in [9.17, 15) is 4.79 Å². The Bertz CT molecular complexity index is 1030. The van der Waals surface area contributed by atoms with E-state index >= 15 is 0 Å². The number of para-hydroxylation sites is 1. The molecule has 3 heterocycles. The number of rotatable bonds is 4. The van der Waals surface area contributed by atoms with Crippen LogP contribution in [0, 0.1) is 0 Å². The predicted octanol–water partition coefficient (Wildman–Crippen LogP) is 2.69. The zero-order chi connectivity index (χ0) is 18.9. The Kier molecular flexibility index (Phi) is 4.93. The number of thioether (sulfide) groups is 1. The van der Waals surface area contributed by atoms with Crippen molar-refractivity contribution in [3.8, 4) is 0 Å². The molecule has 0 bridgehead atoms. The Morgan fingerprint density at radius 3 is 2.46 bits per heavy atom. The molecule has 3 aromatic rings. The normalized spacial score (nSPS) is 20.5. The second-order valence-electron chi connectivity index (χ2n) is 7.63. The lowest BCUT2D eigenvalue weighted by Crippen LogP contribution is -2.47. The van der Waals surface area contributed by atoms with Gasteiger partial charge in [0.05, 0.1) is 10.9 Å². The summed E-state index contributed by atoms with van der Waals surface area (Å²) in [6.07, 6.45) is 0. The van der Waals surface area contributed by atoms with Gasteiger partial charge in [0, 0.05) is 51.1 Å². The largest absolute Gasteiger partial charge is 0.300 e. The highest BCUT2D eigenvalue weighted by Crippen LogP contribution is 2.30. The third-order valence-electron chi connectivity index (χ3n) is 5.66. The summed E-state index contributed by atoms with van der Waals surface area (Å²) in [5.41, 5.74) is 2.29. The Labute approximate surface area is 169 Å². The van der Waals surface area contributed by atoms with E-state index in [1.165, 1.54) is 5.56 Å². The third-order valence-corrected chi connectivity index (χ3v) is 6.81. The molecule has 1 aromatic heterocycles. The van der Waals surface area contributed by atoms with Gasteiger partial charge in [0.2, 0.25) is 0 Å². The molecule has 0 N–H and O–H groups in total. The maximum Gasteiger partial charge on any atom is 0.262 e. The first-order valence-electron chi connectivity index (χ1n) is 9.91. The highest BCUT2D eigenvalue weighted by Gasteiger charge is 2.28.